The van der Waals surface area contributed by atoms with Gasteiger partial charge in [-0.2, -0.15) is 0 Å². The molecule has 0 aromatic heterocycles. The third-order valence-corrected chi connectivity index (χ3v) is 10.1. The topological polar surface area (TPSA) is 160 Å². The van der Waals surface area contributed by atoms with Crippen LogP contribution in [0.15, 0.2) is 0 Å². The van der Waals surface area contributed by atoms with Gasteiger partial charge in [-0.15, -0.1) is 23.5 Å². The van der Waals surface area contributed by atoms with Crippen LogP contribution in [0.1, 0.15) is 74.1 Å². The maximum atomic E-state index is 14.1. The molecule has 0 aliphatic carbocycles. The van der Waals surface area contributed by atoms with E-state index in [2.05, 4.69) is 20.7 Å². The van der Waals surface area contributed by atoms with Crippen molar-refractivity contribution in [2.75, 3.05) is 31.7 Å². The molecule has 0 bridgehead atoms. The normalized spacial score (nSPS) is 19.8. The van der Waals surface area contributed by atoms with Crippen LogP contribution in [0.3, 0.4) is 0 Å². The molecule has 2 saturated heterocycles. The second kappa shape index (κ2) is 14.8. The van der Waals surface area contributed by atoms with E-state index in [0.717, 1.165) is 25.0 Å². The van der Waals surface area contributed by atoms with E-state index >= 15 is 0 Å². The Morgan fingerprint density at radius 2 is 1.62 bits per heavy atom. The Morgan fingerprint density at radius 3 is 2.14 bits per heavy atom. The van der Waals surface area contributed by atoms with Crippen LogP contribution in [-0.2, 0) is 33.4 Å². The van der Waals surface area contributed by atoms with Crippen molar-refractivity contribution in [1.29, 1.82) is 0 Å². The second-order valence-electron chi connectivity index (χ2n) is 12.6. The molecule has 2 aliphatic heterocycles. The van der Waals surface area contributed by atoms with Crippen molar-refractivity contribution in [3.8, 4) is 0 Å². The summed E-state index contributed by atoms with van der Waals surface area (Å²) in [6, 6.07) is -3.06. The van der Waals surface area contributed by atoms with Gasteiger partial charge < -0.3 is 30.3 Å². The molecule has 14 heteroatoms. The zero-order valence-electron chi connectivity index (χ0n) is 25.9. The SMILES string of the molecule is CCCC(NC(=O)[C@@H]1CC2(CN1C(=O)C(NC(=O)OC(C)(C)C)C(C)(C)C)SCCCS2)C(=O)C(=O)NCC(=O)OC. The number of Topliss-reactive ketones (excluding diaryl/α,β-unsaturated/α-hetero) is 1. The lowest BCUT2D eigenvalue weighted by molar-refractivity contribution is -0.145. The molecule has 4 amide bonds. The van der Waals surface area contributed by atoms with Crippen LogP contribution in [0, 0.1) is 5.41 Å². The lowest BCUT2D eigenvalue weighted by atomic mass is 9.85. The summed E-state index contributed by atoms with van der Waals surface area (Å²) in [5.74, 6) is -1.81. The Balaban J connectivity index is 2.33. The van der Waals surface area contributed by atoms with Crippen molar-refractivity contribution in [1.82, 2.24) is 20.9 Å². The number of carbonyl (C=O) groups is 6. The van der Waals surface area contributed by atoms with Crippen molar-refractivity contribution in [3.05, 3.63) is 0 Å². The molecule has 0 radical (unpaired) electrons. The average Bonchev–Trinajstić information content (AvgIpc) is 3.26. The number of carbonyl (C=O) groups excluding carboxylic acids is 6. The lowest BCUT2D eigenvalue weighted by Crippen LogP contribution is -2.59. The third kappa shape index (κ3) is 10.1. The fourth-order valence-electron chi connectivity index (χ4n) is 4.67. The van der Waals surface area contributed by atoms with Gasteiger partial charge in [0, 0.05) is 13.0 Å². The van der Waals surface area contributed by atoms with E-state index < -0.39 is 75.3 Å². The van der Waals surface area contributed by atoms with Gasteiger partial charge in [0.1, 0.15) is 24.2 Å². The molecule has 2 unspecified atom stereocenters. The smallest absolute Gasteiger partial charge is 0.408 e. The van der Waals surface area contributed by atoms with Crippen LogP contribution in [0.25, 0.3) is 0 Å². The highest BCUT2D eigenvalue weighted by Crippen LogP contribution is 2.50. The van der Waals surface area contributed by atoms with Gasteiger partial charge in [0.15, 0.2) is 0 Å². The minimum Gasteiger partial charge on any atom is -0.468 e. The van der Waals surface area contributed by atoms with Crippen molar-refractivity contribution in [2.45, 2.75) is 102 Å². The number of thioether (sulfide) groups is 2. The van der Waals surface area contributed by atoms with Crippen LogP contribution >= 0.6 is 23.5 Å². The molecule has 12 nitrogen and oxygen atoms in total. The predicted molar refractivity (Wildman–Crippen MR) is 162 cm³/mol. The molecule has 0 aromatic rings. The molecule has 2 heterocycles. The fourth-order valence-corrected chi connectivity index (χ4v) is 8.02. The van der Waals surface area contributed by atoms with E-state index in [1.165, 1.54) is 4.90 Å². The number of nitrogens with zero attached hydrogens (tertiary/aromatic N) is 1. The molecule has 2 fully saturated rings. The lowest BCUT2D eigenvalue weighted by Gasteiger charge is -2.36. The van der Waals surface area contributed by atoms with Crippen LogP contribution in [0.5, 0.6) is 0 Å². The van der Waals surface area contributed by atoms with Gasteiger partial charge in [-0.25, -0.2) is 4.79 Å². The number of hydrogen-bond donors (Lipinski definition) is 3. The molecule has 3 atom stereocenters. The van der Waals surface area contributed by atoms with Crippen molar-refractivity contribution in [3.63, 3.8) is 0 Å². The van der Waals surface area contributed by atoms with Gasteiger partial charge in [-0.3, -0.25) is 24.0 Å². The van der Waals surface area contributed by atoms with E-state index in [0.29, 0.717) is 12.8 Å². The van der Waals surface area contributed by atoms with Crippen LogP contribution in [-0.4, -0.2) is 100.0 Å². The van der Waals surface area contributed by atoms with E-state index in [-0.39, 0.29) is 13.0 Å². The second-order valence-corrected chi connectivity index (χ2v) is 15.8. The number of ether oxygens (including phenoxy) is 2. The molecule has 42 heavy (non-hydrogen) atoms. The highest BCUT2D eigenvalue weighted by atomic mass is 32.2. The average molecular weight is 631 g/mol. The highest BCUT2D eigenvalue weighted by Gasteiger charge is 2.53. The molecule has 1 spiro atoms. The number of alkyl carbamates (subject to hydrolysis) is 1. The Labute approximate surface area is 256 Å². The number of nitrogens with one attached hydrogen (secondary N) is 3. The van der Waals surface area contributed by atoms with E-state index in [4.69, 9.17) is 4.74 Å². The van der Waals surface area contributed by atoms with Gasteiger partial charge in [0.25, 0.3) is 5.91 Å². The summed E-state index contributed by atoms with van der Waals surface area (Å²) in [5, 5.41) is 7.65. The quantitative estimate of drug-likeness (QED) is 0.241. The number of hydrogen-bond acceptors (Lipinski definition) is 10. The molecule has 3 N–H and O–H groups in total. The first kappa shape index (κ1) is 35.7. The molecule has 2 aliphatic rings. The highest BCUT2D eigenvalue weighted by molar-refractivity contribution is 8.18. The van der Waals surface area contributed by atoms with Gasteiger partial charge in [0.2, 0.25) is 17.6 Å². The third-order valence-electron chi connectivity index (χ3n) is 6.73. The molecule has 2 rings (SSSR count). The molecule has 238 valence electrons. The van der Waals surface area contributed by atoms with Crippen molar-refractivity contribution < 1.29 is 38.2 Å². The fraction of sp³-hybridized carbons (Fsp3) is 0.786. The summed E-state index contributed by atoms with van der Waals surface area (Å²) in [6.07, 6.45) is 1.32. The minimum atomic E-state index is -1.14. The molecular formula is C28H46N4O8S2. The zero-order chi connectivity index (χ0) is 31.9. The molecule has 0 aromatic carbocycles. The largest absolute Gasteiger partial charge is 0.468 e. The summed E-state index contributed by atoms with van der Waals surface area (Å²) in [4.78, 5) is 79.0. The maximum Gasteiger partial charge on any atom is 0.408 e. The number of rotatable bonds is 10. The van der Waals surface area contributed by atoms with Gasteiger partial charge in [-0.1, -0.05) is 34.1 Å². The molecular weight excluding hydrogens is 584 g/mol. The number of ketones is 1. The van der Waals surface area contributed by atoms with Gasteiger partial charge in [0.05, 0.1) is 17.2 Å². The Kier molecular flexibility index (Phi) is 12.6. The van der Waals surface area contributed by atoms with E-state index in [1.807, 2.05) is 27.7 Å². The van der Waals surface area contributed by atoms with Crippen LogP contribution < -0.4 is 16.0 Å². The Morgan fingerprint density at radius 1 is 1.00 bits per heavy atom. The van der Waals surface area contributed by atoms with Gasteiger partial charge in [-0.05, 0) is 50.5 Å². The summed E-state index contributed by atoms with van der Waals surface area (Å²) in [6.45, 7) is 12.3. The Hall–Kier alpha value is -2.48. The first-order valence-corrected chi connectivity index (χ1v) is 16.2. The predicted octanol–water partition coefficient (Wildman–Crippen LogP) is 2.24. The van der Waals surface area contributed by atoms with Gasteiger partial charge >= 0.3 is 12.1 Å². The van der Waals surface area contributed by atoms with Crippen LogP contribution in [0.2, 0.25) is 0 Å². The summed E-state index contributed by atoms with van der Waals surface area (Å²) in [5.41, 5.74) is -1.48. The van der Waals surface area contributed by atoms with E-state index in [1.54, 1.807) is 44.3 Å². The molecule has 0 saturated carbocycles. The summed E-state index contributed by atoms with van der Waals surface area (Å²) < 4.78 is 9.50. The monoisotopic (exact) mass is 630 g/mol. The number of likely N-dealkylation sites (tertiary alicyclic amines) is 1. The first-order chi connectivity index (χ1) is 19.4. The Bertz CT molecular complexity index is 1030. The van der Waals surface area contributed by atoms with E-state index in [9.17, 15) is 28.8 Å². The van der Waals surface area contributed by atoms with Crippen LogP contribution in [0.4, 0.5) is 4.79 Å². The summed E-state index contributed by atoms with van der Waals surface area (Å²) >= 11 is 3.42. The van der Waals surface area contributed by atoms with Crippen molar-refractivity contribution in [2.24, 2.45) is 5.41 Å². The minimum absolute atomic E-state index is 0.191. The maximum absolute atomic E-state index is 14.1. The van der Waals surface area contributed by atoms with Crippen molar-refractivity contribution >= 4 is 59.1 Å². The number of methoxy groups -OCH3 is 1. The number of amides is 4. The number of esters is 1. The first-order valence-electron chi connectivity index (χ1n) is 14.2. The zero-order valence-corrected chi connectivity index (χ0v) is 27.6. The summed E-state index contributed by atoms with van der Waals surface area (Å²) in [7, 11) is 1.16. The standard InChI is InChI=1S/C28H46N4O8S2/c1-9-11-17(20(34)23(36)29-15-19(33)39-8)30-22(35)18-14-28(41-12-10-13-42-28)16-32(18)24(37)21(26(2,3)4)31-25(38)40-27(5,6)7/h17-18,21H,9-16H2,1-8H3,(H,29,36)(H,30,35)(H,31,38)/t17?,18-,21?/m0/s1.